The number of nitrogens with zero attached hydrogens (tertiary/aromatic N) is 5. The molecule has 0 radical (unpaired) electrons. The molecule has 140 valence electrons. The number of hydrogen-bond acceptors (Lipinski definition) is 1. The van der Waals surface area contributed by atoms with Crippen molar-refractivity contribution in [3.63, 3.8) is 0 Å². The first kappa shape index (κ1) is 20.6. The van der Waals surface area contributed by atoms with Crippen LogP contribution < -0.4 is 5.32 Å². The Kier molecular flexibility index (Phi) is 8.36. The molecule has 1 fully saturated rings. The maximum Gasteiger partial charge on any atom is 0.347 e. The molecule has 2 unspecified atom stereocenters. The Morgan fingerprint density at radius 2 is 1.54 bits per heavy atom. The third-order valence-electron chi connectivity index (χ3n) is 4.58. The minimum Gasteiger partial charge on any atom is -0.349 e. The van der Waals surface area contributed by atoms with Crippen molar-refractivity contribution in [2.24, 2.45) is 16.8 Å². The largest absolute Gasteiger partial charge is 0.349 e. The van der Waals surface area contributed by atoms with Gasteiger partial charge < -0.3 is 9.80 Å². The van der Waals surface area contributed by atoms with Crippen LogP contribution in [0.3, 0.4) is 0 Å². The van der Waals surface area contributed by atoms with Crippen LogP contribution in [0, 0.1) is 11.8 Å². The van der Waals surface area contributed by atoms with E-state index in [1.54, 1.807) is 0 Å². The van der Waals surface area contributed by atoms with Gasteiger partial charge in [0.15, 0.2) is 5.96 Å². The summed E-state index contributed by atoms with van der Waals surface area (Å²) in [6.07, 6.45) is 5.24. The van der Waals surface area contributed by atoms with Gasteiger partial charge in [0.2, 0.25) is 0 Å². The van der Waals surface area contributed by atoms with E-state index in [1.807, 2.05) is 0 Å². The second-order valence-electron chi connectivity index (χ2n) is 7.82. The third kappa shape index (κ3) is 6.57. The highest BCUT2D eigenvalue weighted by molar-refractivity contribution is 5.79. The molecule has 2 atom stereocenters. The Bertz CT molecular complexity index is 425. The number of aliphatic imine (C=N–C) groups is 1. The van der Waals surface area contributed by atoms with Gasteiger partial charge in [-0.15, -0.1) is 0 Å². The summed E-state index contributed by atoms with van der Waals surface area (Å²) in [5, 5.41) is 3.63. The fraction of sp³-hybridized carbons (Fsp3) is 0.889. The topological polar surface area (TPSA) is 37.1 Å². The Balaban J connectivity index is 2.55. The summed E-state index contributed by atoms with van der Waals surface area (Å²) in [5.41, 5.74) is 0. The molecule has 24 heavy (non-hydrogen) atoms. The van der Waals surface area contributed by atoms with Crippen LogP contribution in [0.2, 0.25) is 0 Å². The van der Waals surface area contributed by atoms with Crippen molar-refractivity contribution < 1.29 is 4.58 Å². The first-order valence-electron chi connectivity index (χ1n) is 9.07. The molecule has 1 aliphatic rings. The van der Waals surface area contributed by atoms with E-state index in [9.17, 15) is 0 Å². The van der Waals surface area contributed by atoms with E-state index in [-0.39, 0.29) is 0 Å². The van der Waals surface area contributed by atoms with E-state index in [2.05, 4.69) is 81.0 Å². The van der Waals surface area contributed by atoms with Crippen LogP contribution in [-0.2, 0) is 0 Å². The number of hydrogen-bond donors (Lipinski definition) is 1. The normalized spacial score (nSPS) is 20.2. The van der Waals surface area contributed by atoms with Crippen molar-refractivity contribution in [1.82, 2.24) is 20.0 Å². The molecule has 0 aromatic heterocycles. The quantitative estimate of drug-likeness (QED) is 0.472. The predicted molar refractivity (Wildman–Crippen MR) is 104 cm³/mol. The maximum atomic E-state index is 4.86. The molecule has 1 aliphatic carbocycles. The van der Waals surface area contributed by atoms with E-state index in [0.29, 0.717) is 5.92 Å². The molecule has 0 bridgehead atoms. The van der Waals surface area contributed by atoms with Gasteiger partial charge >= 0.3 is 5.96 Å². The van der Waals surface area contributed by atoms with Gasteiger partial charge in [-0.05, 0) is 31.1 Å². The van der Waals surface area contributed by atoms with Gasteiger partial charge in [-0.3, -0.25) is 19.8 Å². The second kappa shape index (κ2) is 9.74. The monoisotopic (exact) mass is 339 g/mol. The van der Waals surface area contributed by atoms with Crippen molar-refractivity contribution in [3.8, 4) is 0 Å². The molecule has 1 rings (SSSR count). The first-order valence-corrected chi connectivity index (χ1v) is 9.07. The van der Waals surface area contributed by atoms with E-state index in [1.165, 1.54) is 31.6 Å². The van der Waals surface area contributed by atoms with E-state index < -0.39 is 0 Å². The SMILES string of the molecule is CN(C)C(=NCC1CCCC(CNC(N(C)C)=[N+](C)C)C1)N(C)C. The highest BCUT2D eigenvalue weighted by Gasteiger charge is 2.24. The zero-order valence-corrected chi connectivity index (χ0v) is 17.1. The molecule has 0 saturated heterocycles. The van der Waals surface area contributed by atoms with Gasteiger partial charge in [0.25, 0.3) is 0 Å². The van der Waals surface area contributed by atoms with Crippen molar-refractivity contribution in [2.45, 2.75) is 25.7 Å². The molecule has 0 spiro atoms. The van der Waals surface area contributed by atoms with Gasteiger partial charge in [-0.2, -0.15) is 0 Å². The summed E-state index contributed by atoms with van der Waals surface area (Å²) < 4.78 is 2.14. The van der Waals surface area contributed by atoms with Crippen molar-refractivity contribution >= 4 is 11.9 Å². The second-order valence-corrected chi connectivity index (χ2v) is 7.82. The number of rotatable bonds is 4. The van der Waals surface area contributed by atoms with Gasteiger partial charge in [0.05, 0.1) is 34.7 Å². The van der Waals surface area contributed by atoms with Crippen molar-refractivity contribution in [2.75, 3.05) is 69.5 Å². The lowest BCUT2D eigenvalue weighted by Crippen LogP contribution is -2.44. The summed E-state index contributed by atoms with van der Waals surface area (Å²) in [4.78, 5) is 11.2. The van der Waals surface area contributed by atoms with E-state index in [0.717, 1.165) is 25.0 Å². The predicted octanol–water partition coefficient (Wildman–Crippen LogP) is 1.05. The lowest BCUT2D eigenvalue weighted by Gasteiger charge is -2.29. The van der Waals surface area contributed by atoms with E-state index >= 15 is 0 Å². The molecule has 0 heterocycles. The van der Waals surface area contributed by atoms with Crippen LogP contribution in [0.4, 0.5) is 0 Å². The standard InChI is InChI=1S/C18H38N6/c1-21(2)17(22(3)4)19-13-15-10-9-11-16(12-15)14-20-18(23(5)6)24(7)8/h15-16H,9-14H2,1-8H3/p+1. The van der Waals surface area contributed by atoms with Crippen LogP contribution in [0.25, 0.3) is 0 Å². The van der Waals surface area contributed by atoms with Crippen LogP contribution in [0.1, 0.15) is 25.7 Å². The smallest absolute Gasteiger partial charge is 0.347 e. The Morgan fingerprint density at radius 3 is 2.04 bits per heavy atom. The first-order chi connectivity index (χ1) is 11.2. The summed E-state index contributed by atoms with van der Waals surface area (Å²) in [5.74, 6) is 3.70. The van der Waals surface area contributed by atoms with Gasteiger partial charge in [-0.25, -0.2) is 0 Å². The van der Waals surface area contributed by atoms with Gasteiger partial charge in [0.1, 0.15) is 0 Å². The fourth-order valence-electron chi connectivity index (χ4n) is 3.60. The molecule has 1 N–H and O–H groups in total. The summed E-state index contributed by atoms with van der Waals surface area (Å²) >= 11 is 0. The molecule has 0 aromatic rings. The zero-order chi connectivity index (χ0) is 18.3. The highest BCUT2D eigenvalue weighted by atomic mass is 15.3. The minimum atomic E-state index is 0.711. The van der Waals surface area contributed by atoms with Crippen LogP contribution in [0.15, 0.2) is 4.99 Å². The summed E-state index contributed by atoms with van der Waals surface area (Å²) in [6, 6.07) is 0. The van der Waals surface area contributed by atoms with Crippen molar-refractivity contribution in [3.05, 3.63) is 0 Å². The number of guanidine groups is 2. The molecule has 0 aliphatic heterocycles. The van der Waals surface area contributed by atoms with E-state index in [4.69, 9.17) is 4.99 Å². The molecular weight excluding hydrogens is 300 g/mol. The average Bonchev–Trinajstić information content (AvgIpc) is 2.46. The van der Waals surface area contributed by atoms with Crippen LogP contribution in [-0.4, -0.2) is 101 Å². The zero-order valence-electron chi connectivity index (χ0n) is 17.1. The Hall–Kier alpha value is -1.46. The average molecular weight is 340 g/mol. The summed E-state index contributed by atoms with van der Waals surface area (Å²) in [6.45, 7) is 2.00. The lowest BCUT2D eigenvalue weighted by atomic mass is 9.81. The molecule has 1 saturated carbocycles. The molecule has 6 heteroatoms. The number of nitrogens with one attached hydrogen (secondary N) is 1. The minimum absolute atomic E-state index is 0.711. The summed E-state index contributed by atoms with van der Waals surface area (Å²) in [7, 11) is 16.6. The van der Waals surface area contributed by atoms with Crippen LogP contribution in [0.5, 0.6) is 0 Å². The molecular formula is C18H39N6+. The lowest BCUT2D eigenvalue weighted by molar-refractivity contribution is -0.472. The van der Waals surface area contributed by atoms with Gasteiger partial charge in [-0.1, -0.05) is 6.42 Å². The Morgan fingerprint density at radius 1 is 0.958 bits per heavy atom. The molecule has 6 nitrogen and oxygen atoms in total. The molecule has 0 amide bonds. The van der Waals surface area contributed by atoms with Crippen molar-refractivity contribution in [1.29, 1.82) is 0 Å². The third-order valence-corrected chi connectivity index (χ3v) is 4.58. The fourth-order valence-corrected chi connectivity index (χ4v) is 3.60. The Labute approximate surface area is 149 Å². The highest BCUT2D eigenvalue weighted by Crippen LogP contribution is 2.29. The maximum absolute atomic E-state index is 4.86. The van der Waals surface area contributed by atoms with Crippen LogP contribution >= 0.6 is 0 Å². The van der Waals surface area contributed by atoms with Gasteiger partial charge in [0, 0.05) is 34.7 Å². The molecule has 0 aromatic carbocycles.